The van der Waals surface area contributed by atoms with Crippen molar-refractivity contribution in [3.05, 3.63) is 23.2 Å². The second kappa shape index (κ2) is 6.77. The normalized spacial score (nSPS) is 11.3. The van der Waals surface area contributed by atoms with Gasteiger partial charge in [-0.2, -0.15) is 0 Å². The Bertz CT molecular complexity index is 558. The van der Waals surface area contributed by atoms with E-state index >= 15 is 0 Å². The molecule has 7 heteroatoms. The van der Waals surface area contributed by atoms with Crippen LogP contribution in [0.25, 0.3) is 0 Å². The maximum Gasteiger partial charge on any atom is 0.235 e. The lowest BCUT2D eigenvalue weighted by Gasteiger charge is -2.08. The molecule has 0 aliphatic carbocycles. The van der Waals surface area contributed by atoms with Gasteiger partial charge in [0.15, 0.2) is 9.84 Å². The molecule has 0 fully saturated rings. The van der Waals surface area contributed by atoms with Gasteiger partial charge in [-0.1, -0.05) is 24.9 Å². The van der Waals surface area contributed by atoms with Gasteiger partial charge in [-0.3, -0.25) is 4.79 Å². The zero-order valence-corrected chi connectivity index (χ0v) is 12.2. The SMILES string of the molecule is CCCCNC(=O)CS(=O)(=O)c1ccc(N)cc1Cl. The van der Waals surface area contributed by atoms with Gasteiger partial charge in [-0.25, -0.2) is 8.42 Å². The first-order valence-corrected chi connectivity index (χ1v) is 7.94. The fraction of sp³-hybridized carbons (Fsp3) is 0.417. The number of sulfone groups is 1. The molecule has 0 heterocycles. The quantitative estimate of drug-likeness (QED) is 0.617. The Morgan fingerprint density at radius 1 is 1.42 bits per heavy atom. The number of anilines is 1. The van der Waals surface area contributed by atoms with Gasteiger partial charge in [0.05, 0.1) is 9.92 Å². The first kappa shape index (κ1) is 15.8. The maximum absolute atomic E-state index is 12.0. The van der Waals surface area contributed by atoms with Crippen molar-refractivity contribution in [1.29, 1.82) is 0 Å². The third kappa shape index (κ3) is 4.72. The topological polar surface area (TPSA) is 89.3 Å². The molecule has 0 bridgehead atoms. The van der Waals surface area contributed by atoms with E-state index in [-0.39, 0.29) is 9.92 Å². The predicted molar refractivity (Wildman–Crippen MR) is 75.8 cm³/mol. The molecule has 1 aromatic carbocycles. The van der Waals surface area contributed by atoms with Crippen molar-refractivity contribution in [2.24, 2.45) is 0 Å². The zero-order chi connectivity index (χ0) is 14.5. The van der Waals surface area contributed by atoms with Crippen LogP contribution in [0.4, 0.5) is 5.69 Å². The van der Waals surface area contributed by atoms with E-state index in [0.717, 1.165) is 12.8 Å². The molecule has 0 aliphatic heterocycles. The lowest BCUT2D eigenvalue weighted by molar-refractivity contribution is -0.118. The fourth-order valence-corrected chi connectivity index (χ4v) is 3.25. The number of benzene rings is 1. The van der Waals surface area contributed by atoms with Gasteiger partial charge in [0, 0.05) is 12.2 Å². The largest absolute Gasteiger partial charge is 0.399 e. The molecule has 0 saturated carbocycles. The summed E-state index contributed by atoms with van der Waals surface area (Å²) in [6.07, 6.45) is 1.74. The number of hydrogen-bond donors (Lipinski definition) is 2. The van der Waals surface area contributed by atoms with Crippen LogP contribution in [0.2, 0.25) is 5.02 Å². The van der Waals surface area contributed by atoms with E-state index in [9.17, 15) is 13.2 Å². The predicted octanol–water partition coefficient (Wildman–Crippen LogP) is 1.61. The van der Waals surface area contributed by atoms with Crippen molar-refractivity contribution in [3.8, 4) is 0 Å². The molecule has 3 N–H and O–H groups in total. The van der Waals surface area contributed by atoms with Gasteiger partial charge >= 0.3 is 0 Å². The van der Waals surface area contributed by atoms with E-state index in [1.165, 1.54) is 18.2 Å². The molecule has 19 heavy (non-hydrogen) atoms. The van der Waals surface area contributed by atoms with Crippen molar-refractivity contribution >= 4 is 33.0 Å². The minimum atomic E-state index is -3.74. The molecular weight excluding hydrogens is 288 g/mol. The van der Waals surface area contributed by atoms with E-state index in [2.05, 4.69) is 5.32 Å². The van der Waals surface area contributed by atoms with Crippen molar-refractivity contribution in [2.45, 2.75) is 24.7 Å². The Hall–Kier alpha value is -1.27. The third-order valence-corrected chi connectivity index (χ3v) is 4.56. The lowest BCUT2D eigenvalue weighted by Crippen LogP contribution is -2.31. The number of carbonyl (C=O) groups excluding carboxylic acids is 1. The Balaban J connectivity index is 2.78. The van der Waals surface area contributed by atoms with Crippen LogP contribution >= 0.6 is 11.6 Å². The highest BCUT2D eigenvalue weighted by molar-refractivity contribution is 7.92. The number of halogens is 1. The number of amides is 1. The number of unbranched alkanes of at least 4 members (excludes halogenated alkanes) is 1. The summed E-state index contributed by atoms with van der Waals surface area (Å²) in [6, 6.07) is 4.10. The molecule has 5 nitrogen and oxygen atoms in total. The molecule has 0 aliphatic rings. The summed E-state index contributed by atoms with van der Waals surface area (Å²) < 4.78 is 24.0. The monoisotopic (exact) mass is 304 g/mol. The molecule has 1 aromatic rings. The molecule has 0 radical (unpaired) electrons. The maximum atomic E-state index is 12.0. The second-order valence-corrected chi connectivity index (χ2v) is 6.52. The highest BCUT2D eigenvalue weighted by Crippen LogP contribution is 2.24. The standard InChI is InChI=1S/C12H17ClN2O3S/c1-2-3-6-15-12(16)8-19(17,18)11-5-4-9(14)7-10(11)13/h4-5,7H,2-3,6,8,14H2,1H3,(H,15,16). The molecule has 1 rings (SSSR count). The first-order chi connectivity index (χ1) is 8.86. The van der Waals surface area contributed by atoms with Crippen LogP contribution in [0.1, 0.15) is 19.8 Å². The van der Waals surface area contributed by atoms with Crippen molar-refractivity contribution in [2.75, 3.05) is 18.0 Å². The summed E-state index contributed by atoms with van der Waals surface area (Å²) in [6.45, 7) is 2.46. The molecule has 106 valence electrons. The molecular formula is C12H17ClN2O3S. The van der Waals surface area contributed by atoms with Crippen molar-refractivity contribution in [3.63, 3.8) is 0 Å². The van der Waals surface area contributed by atoms with E-state index in [0.29, 0.717) is 12.2 Å². The highest BCUT2D eigenvalue weighted by atomic mass is 35.5. The van der Waals surface area contributed by atoms with Crippen LogP contribution in [0.5, 0.6) is 0 Å². The number of rotatable bonds is 6. The minimum absolute atomic E-state index is 0.0290. The minimum Gasteiger partial charge on any atom is -0.399 e. The van der Waals surface area contributed by atoms with Crippen molar-refractivity contribution in [1.82, 2.24) is 5.32 Å². The number of nitrogen functional groups attached to an aromatic ring is 1. The van der Waals surface area contributed by atoms with Crippen LogP contribution in [0.15, 0.2) is 23.1 Å². The molecule has 0 atom stereocenters. The van der Waals surface area contributed by atoms with E-state index in [1.807, 2.05) is 6.92 Å². The molecule has 0 aromatic heterocycles. The van der Waals surface area contributed by atoms with Gasteiger partial charge in [-0.15, -0.1) is 0 Å². The zero-order valence-electron chi connectivity index (χ0n) is 10.6. The summed E-state index contributed by atoms with van der Waals surface area (Å²) in [5.74, 6) is -1.14. The smallest absolute Gasteiger partial charge is 0.235 e. The van der Waals surface area contributed by atoms with Crippen LogP contribution in [-0.4, -0.2) is 26.6 Å². The molecule has 0 spiro atoms. The van der Waals surface area contributed by atoms with Gasteiger partial charge in [-0.05, 0) is 24.6 Å². The van der Waals surface area contributed by atoms with Crippen LogP contribution < -0.4 is 11.1 Å². The van der Waals surface area contributed by atoms with Gasteiger partial charge in [0.25, 0.3) is 0 Å². The Morgan fingerprint density at radius 2 is 2.11 bits per heavy atom. The van der Waals surface area contributed by atoms with Gasteiger partial charge < -0.3 is 11.1 Å². The van der Waals surface area contributed by atoms with Crippen LogP contribution in [0, 0.1) is 0 Å². The Labute approximate surface area is 118 Å². The Kier molecular flexibility index (Phi) is 5.62. The molecule has 0 unspecified atom stereocenters. The summed E-state index contributed by atoms with van der Waals surface area (Å²) in [5, 5.41) is 2.58. The van der Waals surface area contributed by atoms with Gasteiger partial charge in [0.1, 0.15) is 5.75 Å². The number of nitrogens with one attached hydrogen (secondary N) is 1. The van der Waals surface area contributed by atoms with Gasteiger partial charge in [0.2, 0.25) is 5.91 Å². The Morgan fingerprint density at radius 3 is 2.68 bits per heavy atom. The van der Waals surface area contributed by atoms with E-state index < -0.39 is 21.5 Å². The number of hydrogen-bond acceptors (Lipinski definition) is 4. The number of carbonyl (C=O) groups is 1. The summed E-state index contributed by atoms with van der Waals surface area (Å²) in [5.41, 5.74) is 5.87. The third-order valence-electron chi connectivity index (χ3n) is 2.46. The van der Waals surface area contributed by atoms with E-state index in [1.54, 1.807) is 0 Å². The van der Waals surface area contributed by atoms with E-state index in [4.69, 9.17) is 17.3 Å². The summed E-state index contributed by atoms with van der Waals surface area (Å²) in [4.78, 5) is 11.5. The highest BCUT2D eigenvalue weighted by Gasteiger charge is 2.21. The number of nitrogens with two attached hydrogens (primary N) is 1. The van der Waals surface area contributed by atoms with Crippen molar-refractivity contribution < 1.29 is 13.2 Å². The second-order valence-electron chi connectivity index (χ2n) is 4.15. The summed E-state index contributed by atoms with van der Waals surface area (Å²) >= 11 is 5.83. The molecule has 0 saturated heterocycles. The average molecular weight is 305 g/mol. The average Bonchev–Trinajstić information content (AvgIpc) is 2.27. The van der Waals surface area contributed by atoms with Crippen LogP contribution in [-0.2, 0) is 14.6 Å². The first-order valence-electron chi connectivity index (χ1n) is 5.91. The fourth-order valence-electron chi connectivity index (χ4n) is 1.48. The summed E-state index contributed by atoms with van der Waals surface area (Å²) in [7, 11) is -3.74. The molecule has 1 amide bonds. The lowest BCUT2D eigenvalue weighted by atomic mass is 10.3. The van der Waals surface area contributed by atoms with Crippen LogP contribution in [0.3, 0.4) is 0 Å².